The van der Waals surface area contributed by atoms with Crippen LogP contribution in [0.2, 0.25) is 5.02 Å². The van der Waals surface area contributed by atoms with Crippen molar-refractivity contribution < 1.29 is 13.6 Å². The number of nitrogens with one attached hydrogen (secondary N) is 1. The molecule has 1 heterocycles. The van der Waals surface area contributed by atoms with Gasteiger partial charge < -0.3 is 4.42 Å². The summed E-state index contributed by atoms with van der Waals surface area (Å²) in [5.74, 6) is 0.479. The number of carbonyl (C=O) groups excluding carboxylic acids is 1. The molecule has 0 fully saturated rings. The fraction of sp³-hybridized carbons (Fsp3) is 0.0526. The molecular formula is C19H13BrClFN2O2. The van der Waals surface area contributed by atoms with E-state index in [1.165, 1.54) is 18.3 Å². The molecule has 4 nitrogen and oxygen atoms in total. The highest BCUT2D eigenvalue weighted by Gasteiger charge is 2.06. The van der Waals surface area contributed by atoms with Crippen molar-refractivity contribution in [3.8, 4) is 11.3 Å². The summed E-state index contributed by atoms with van der Waals surface area (Å²) >= 11 is 9.42. The van der Waals surface area contributed by atoms with Crippen molar-refractivity contribution in [2.45, 2.75) is 6.42 Å². The predicted molar refractivity (Wildman–Crippen MR) is 103 cm³/mol. The zero-order chi connectivity index (χ0) is 18.5. The van der Waals surface area contributed by atoms with Gasteiger partial charge >= 0.3 is 0 Å². The molecule has 1 aromatic heterocycles. The van der Waals surface area contributed by atoms with E-state index in [4.69, 9.17) is 16.0 Å². The van der Waals surface area contributed by atoms with Gasteiger partial charge in [0.2, 0.25) is 5.91 Å². The van der Waals surface area contributed by atoms with Crippen molar-refractivity contribution in [3.63, 3.8) is 0 Å². The molecule has 3 rings (SSSR count). The van der Waals surface area contributed by atoms with Crippen molar-refractivity contribution in [3.05, 3.63) is 81.2 Å². The average Bonchev–Trinajstić information content (AvgIpc) is 3.08. The smallest absolute Gasteiger partial charge is 0.244 e. The molecule has 2 aromatic carbocycles. The van der Waals surface area contributed by atoms with Crippen molar-refractivity contribution >= 4 is 39.7 Å². The lowest BCUT2D eigenvalue weighted by Gasteiger charge is -2.00. The van der Waals surface area contributed by atoms with E-state index in [0.717, 1.165) is 10.0 Å². The number of furan rings is 1. The quantitative estimate of drug-likeness (QED) is 0.443. The summed E-state index contributed by atoms with van der Waals surface area (Å²) in [5, 5.41) is 4.45. The summed E-state index contributed by atoms with van der Waals surface area (Å²) in [6.45, 7) is 0. The van der Waals surface area contributed by atoms with Crippen LogP contribution < -0.4 is 5.43 Å². The molecule has 0 aliphatic heterocycles. The number of rotatable bonds is 5. The van der Waals surface area contributed by atoms with Gasteiger partial charge in [-0.25, -0.2) is 9.82 Å². The summed E-state index contributed by atoms with van der Waals surface area (Å²) in [6.07, 6.45) is 1.52. The van der Waals surface area contributed by atoms with Crippen LogP contribution in [-0.2, 0) is 11.2 Å². The number of nitrogens with zero attached hydrogens (tertiary/aromatic N) is 1. The number of halogens is 3. The summed E-state index contributed by atoms with van der Waals surface area (Å²) in [4.78, 5) is 11.8. The predicted octanol–water partition coefficient (Wildman–Crippen LogP) is 5.19. The lowest BCUT2D eigenvalue weighted by Crippen LogP contribution is -2.19. The number of carbonyl (C=O) groups is 1. The Morgan fingerprint density at radius 2 is 1.96 bits per heavy atom. The van der Waals surface area contributed by atoms with Gasteiger partial charge in [-0.3, -0.25) is 4.79 Å². The zero-order valence-electron chi connectivity index (χ0n) is 13.4. The fourth-order valence-corrected chi connectivity index (χ4v) is 2.65. The first-order valence-corrected chi connectivity index (χ1v) is 8.80. The maximum Gasteiger partial charge on any atom is 0.244 e. The van der Waals surface area contributed by atoms with Gasteiger partial charge in [0.1, 0.15) is 17.3 Å². The Morgan fingerprint density at radius 3 is 2.69 bits per heavy atom. The normalized spacial score (nSPS) is 11.0. The van der Waals surface area contributed by atoms with Gasteiger partial charge in [0, 0.05) is 10.0 Å². The molecule has 0 aliphatic carbocycles. The Labute approximate surface area is 162 Å². The molecule has 1 amide bonds. The first kappa shape index (κ1) is 18.4. The van der Waals surface area contributed by atoms with E-state index in [-0.39, 0.29) is 18.1 Å². The van der Waals surface area contributed by atoms with E-state index in [9.17, 15) is 9.18 Å². The van der Waals surface area contributed by atoms with Crippen molar-refractivity contribution in [2.75, 3.05) is 0 Å². The van der Waals surface area contributed by atoms with Gasteiger partial charge in [0.05, 0.1) is 17.7 Å². The summed E-state index contributed by atoms with van der Waals surface area (Å²) in [7, 11) is 0. The molecule has 1 N–H and O–H groups in total. The van der Waals surface area contributed by atoms with E-state index in [0.29, 0.717) is 22.1 Å². The molecule has 3 aromatic rings. The minimum Gasteiger partial charge on any atom is -0.455 e. The second-order valence-electron chi connectivity index (χ2n) is 5.43. The highest BCUT2D eigenvalue weighted by atomic mass is 79.9. The Bertz CT molecular complexity index is 954. The maximum atomic E-state index is 12.8. The lowest BCUT2D eigenvalue weighted by atomic mass is 10.1. The van der Waals surface area contributed by atoms with Crippen LogP contribution in [-0.4, -0.2) is 12.1 Å². The summed E-state index contributed by atoms with van der Waals surface area (Å²) in [5.41, 5.74) is 3.94. The molecule has 26 heavy (non-hydrogen) atoms. The molecular weight excluding hydrogens is 423 g/mol. The van der Waals surface area contributed by atoms with E-state index in [1.54, 1.807) is 30.3 Å². The van der Waals surface area contributed by atoms with Crippen LogP contribution in [0.5, 0.6) is 0 Å². The van der Waals surface area contributed by atoms with Crippen LogP contribution in [0.3, 0.4) is 0 Å². The standard InChI is InChI=1S/C19H13BrClFN2O2/c20-16-7-3-13(10-17(16)21)18-8-6-15(26-18)11-23-24-19(25)9-12-1-4-14(22)5-2-12/h1-8,10-11H,9H2,(H,24,25)/b23-11+. The minimum absolute atomic E-state index is 0.110. The summed E-state index contributed by atoms with van der Waals surface area (Å²) < 4.78 is 19.3. The topological polar surface area (TPSA) is 54.6 Å². The van der Waals surface area contributed by atoms with E-state index < -0.39 is 0 Å². The molecule has 0 aliphatic rings. The molecule has 0 spiro atoms. The molecule has 0 radical (unpaired) electrons. The molecule has 132 valence electrons. The maximum absolute atomic E-state index is 12.8. The van der Waals surface area contributed by atoms with E-state index in [1.807, 2.05) is 12.1 Å². The van der Waals surface area contributed by atoms with Crippen LogP contribution in [0, 0.1) is 5.82 Å². The third-order valence-corrected chi connectivity index (χ3v) is 4.72. The van der Waals surface area contributed by atoms with Crippen LogP contribution in [0.1, 0.15) is 11.3 Å². The van der Waals surface area contributed by atoms with Crippen molar-refractivity contribution in [2.24, 2.45) is 5.10 Å². The van der Waals surface area contributed by atoms with Crippen LogP contribution in [0.4, 0.5) is 4.39 Å². The first-order valence-electron chi connectivity index (χ1n) is 7.63. The fourth-order valence-electron chi connectivity index (χ4n) is 2.22. The highest BCUT2D eigenvalue weighted by Crippen LogP contribution is 2.29. The number of amides is 1. The second kappa shape index (κ2) is 8.29. The van der Waals surface area contributed by atoms with Crippen LogP contribution in [0.15, 0.2) is 68.6 Å². The average molecular weight is 436 g/mol. The van der Waals surface area contributed by atoms with Gasteiger partial charge in [-0.05, 0) is 57.9 Å². The number of hydrazone groups is 1. The Kier molecular flexibility index (Phi) is 5.85. The zero-order valence-corrected chi connectivity index (χ0v) is 15.7. The number of hydrogen-bond donors (Lipinski definition) is 1. The van der Waals surface area contributed by atoms with Gasteiger partial charge in [0.25, 0.3) is 0 Å². The molecule has 0 saturated carbocycles. The van der Waals surface area contributed by atoms with Crippen molar-refractivity contribution in [1.82, 2.24) is 5.43 Å². The minimum atomic E-state index is -0.340. The van der Waals surface area contributed by atoms with Gasteiger partial charge in [0.15, 0.2) is 0 Å². The highest BCUT2D eigenvalue weighted by molar-refractivity contribution is 9.10. The van der Waals surface area contributed by atoms with E-state index >= 15 is 0 Å². The molecule has 0 unspecified atom stereocenters. The Morgan fingerprint density at radius 1 is 1.19 bits per heavy atom. The second-order valence-corrected chi connectivity index (χ2v) is 6.69. The Hall–Kier alpha value is -2.44. The summed E-state index contributed by atoms with van der Waals surface area (Å²) in [6, 6.07) is 14.8. The van der Waals surface area contributed by atoms with E-state index in [2.05, 4.69) is 26.5 Å². The first-order chi connectivity index (χ1) is 12.5. The SMILES string of the molecule is O=C(Cc1ccc(F)cc1)N/N=C/c1ccc(-c2ccc(Br)c(Cl)c2)o1. The number of benzene rings is 2. The largest absolute Gasteiger partial charge is 0.455 e. The monoisotopic (exact) mass is 434 g/mol. The molecule has 0 saturated heterocycles. The van der Waals surface area contributed by atoms with Crippen LogP contribution in [0.25, 0.3) is 11.3 Å². The third-order valence-electron chi connectivity index (χ3n) is 3.49. The lowest BCUT2D eigenvalue weighted by molar-refractivity contribution is -0.120. The van der Waals surface area contributed by atoms with Gasteiger partial charge in [-0.2, -0.15) is 5.10 Å². The van der Waals surface area contributed by atoms with Crippen LogP contribution >= 0.6 is 27.5 Å². The molecule has 0 atom stereocenters. The Balaban J connectivity index is 1.59. The molecule has 0 bridgehead atoms. The van der Waals surface area contributed by atoms with Gasteiger partial charge in [-0.1, -0.05) is 29.8 Å². The molecule has 7 heteroatoms. The van der Waals surface area contributed by atoms with Crippen molar-refractivity contribution in [1.29, 1.82) is 0 Å². The van der Waals surface area contributed by atoms with Gasteiger partial charge in [-0.15, -0.1) is 0 Å². The number of hydrogen-bond acceptors (Lipinski definition) is 3. The third kappa shape index (κ3) is 4.80.